The first-order chi connectivity index (χ1) is 9.88. The van der Waals surface area contributed by atoms with Crippen LogP contribution in [0.5, 0.6) is 0 Å². The molecule has 1 aliphatic carbocycles. The molecule has 1 saturated carbocycles. The lowest BCUT2D eigenvalue weighted by Crippen LogP contribution is -2.37. The molecule has 0 bridgehead atoms. The highest BCUT2D eigenvalue weighted by molar-refractivity contribution is 7.13. The van der Waals surface area contributed by atoms with E-state index in [-0.39, 0.29) is 0 Å². The van der Waals surface area contributed by atoms with Gasteiger partial charge in [0.25, 0.3) is 0 Å². The van der Waals surface area contributed by atoms with E-state index < -0.39 is 0 Å². The fraction of sp³-hybridized carbons (Fsp3) is 0.600. The number of nitrogens with one attached hydrogen (secondary N) is 1. The van der Waals surface area contributed by atoms with Crippen molar-refractivity contribution in [2.24, 2.45) is 0 Å². The van der Waals surface area contributed by atoms with Gasteiger partial charge in [-0.15, -0.1) is 11.3 Å². The molecule has 1 fully saturated rings. The van der Waals surface area contributed by atoms with Gasteiger partial charge in [-0.05, 0) is 37.3 Å². The van der Waals surface area contributed by atoms with Gasteiger partial charge in [0.15, 0.2) is 0 Å². The van der Waals surface area contributed by atoms with Crippen LogP contribution in [0, 0.1) is 0 Å². The van der Waals surface area contributed by atoms with Crippen molar-refractivity contribution in [1.82, 2.24) is 15.5 Å². The number of hydrogen-bond acceptors (Lipinski definition) is 5. The SMILES string of the molecule is CCCNC1CCCCC1c1nc(-c2cccs2)no1. The normalized spacial score (nSPS) is 23.1. The Bertz CT molecular complexity index is 523. The molecule has 0 aromatic carbocycles. The summed E-state index contributed by atoms with van der Waals surface area (Å²) in [7, 11) is 0. The molecule has 3 rings (SSSR count). The summed E-state index contributed by atoms with van der Waals surface area (Å²) in [6, 6.07) is 4.54. The molecule has 0 radical (unpaired) electrons. The quantitative estimate of drug-likeness (QED) is 0.909. The predicted octanol–water partition coefficient (Wildman–Crippen LogP) is 3.82. The molecule has 1 N–H and O–H groups in total. The molecule has 0 saturated heterocycles. The lowest BCUT2D eigenvalue weighted by Gasteiger charge is -2.29. The maximum Gasteiger partial charge on any atom is 0.231 e. The lowest BCUT2D eigenvalue weighted by molar-refractivity contribution is 0.263. The van der Waals surface area contributed by atoms with Crippen molar-refractivity contribution in [3.8, 4) is 10.7 Å². The van der Waals surface area contributed by atoms with Gasteiger partial charge >= 0.3 is 0 Å². The highest BCUT2D eigenvalue weighted by Gasteiger charge is 2.30. The summed E-state index contributed by atoms with van der Waals surface area (Å²) in [5.74, 6) is 1.91. The molecule has 2 aromatic rings. The van der Waals surface area contributed by atoms with Crippen LogP contribution in [0.3, 0.4) is 0 Å². The third kappa shape index (κ3) is 2.94. The molecule has 2 heterocycles. The highest BCUT2D eigenvalue weighted by atomic mass is 32.1. The predicted molar refractivity (Wildman–Crippen MR) is 80.9 cm³/mol. The van der Waals surface area contributed by atoms with Crippen LogP contribution < -0.4 is 5.32 Å². The van der Waals surface area contributed by atoms with Crippen molar-refractivity contribution in [1.29, 1.82) is 0 Å². The number of rotatable bonds is 5. The van der Waals surface area contributed by atoms with Crippen molar-refractivity contribution >= 4 is 11.3 Å². The molecule has 0 spiro atoms. The Morgan fingerprint density at radius 1 is 1.40 bits per heavy atom. The Balaban J connectivity index is 1.76. The van der Waals surface area contributed by atoms with Crippen LogP contribution in [0.25, 0.3) is 10.7 Å². The van der Waals surface area contributed by atoms with E-state index in [1.807, 2.05) is 17.5 Å². The largest absolute Gasteiger partial charge is 0.339 e. The summed E-state index contributed by atoms with van der Waals surface area (Å²) in [5.41, 5.74) is 0. The number of thiophene rings is 1. The van der Waals surface area contributed by atoms with Crippen LogP contribution in [0.15, 0.2) is 22.0 Å². The number of nitrogens with zero attached hydrogens (tertiary/aromatic N) is 2. The monoisotopic (exact) mass is 291 g/mol. The summed E-state index contributed by atoms with van der Waals surface area (Å²) in [6.07, 6.45) is 6.07. The number of aromatic nitrogens is 2. The van der Waals surface area contributed by atoms with E-state index in [4.69, 9.17) is 4.52 Å². The van der Waals surface area contributed by atoms with E-state index in [9.17, 15) is 0 Å². The third-order valence-electron chi connectivity index (χ3n) is 3.92. The molecule has 20 heavy (non-hydrogen) atoms. The Kier molecular flexibility index (Phi) is 4.47. The van der Waals surface area contributed by atoms with Gasteiger partial charge in [-0.25, -0.2) is 0 Å². The van der Waals surface area contributed by atoms with Crippen molar-refractivity contribution in [2.75, 3.05) is 6.54 Å². The van der Waals surface area contributed by atoms with Gasteiger partial charge < -0.3 is 9.84 Å². The average Bonchev–Trinajstić information content (AvgIpc) is 3.15. The van der Waals surface area contributed by atoms with Gasteiger partial charge in [-0.2, -0.15) is 4.98 Å². The molecule has 0 amide bonds. The minimum absolute atomic E-state index is 0.372. The van der Waals surface area contributed by atoms with Crippen LogP contribution in [-0.4, -0.2) is 22.7 Å². The van der Waals surface area contributed by atoms with Crippen molar-refractivity contribution in [2.45, 2.75) is 51.0 Å². The molecule has 2 aromatic heterocycles. The summed E-state index contributed by atoms with van der Waals surface area (Å²) in [4.78, 5) is 5.71. The van der Waals surface area contributed by atoms with Gasteiger partial charge in [-0.1, -0.05) is 31.0 Å². The van der Waals surface area contributed by atoms with Gasteiger partial charge in [0.1, 0.15) is 0 Å². The van der Waals surface area contributed by atoms with Crippen molar-refractivity contribution < 1.29 is 4.52 Å². The van der Waals surface area contributed by atoms with Crippen LogP contribution in [0.2, 0.25) is 0 Å². The molecular weight excluding hydrogens is 270 g/mol. The molecule has 4 nitrogen and oxygen atoms in total. The van der Waals surface area contributed by atoms with Crippen LogP contribution in [0.4, 0.5) is 0 Å². The van der Waals surface area contributed by atoms with Gasteiger partial charge in [0, 0.05) is 6.04 Å². The molecule has 1 aliphatic rings. The smallest absolute Gasteiger partial charge is 0.231 e. The fourth-order valence-electron chi connectivity index (χ4n) is 2.89. The Hall–Kier alpha value is -1.20. The first kappa shape index (κ1) is 13.8. The van der Waals surface area contributed by atoms with Gasteiger partial charge in [0.05, 0.1) is 10.8 Å². The summed E-state index contributed by atoms with van der Waals surface area (Å²) >= 11 is 1.65. The van der Waals surface area contributed by atoms with E-state index in [1.54, 1.807) is 11.3 Å². The van der Waals surface area contributed by atoms with E-state index in [0.717, 1.165) is 36.0 Å². The maximum atomic E-state index is 5.54. The minimum atomic E-state index is 0.372. The first-order valence-corrected chi connectivity index (χ1v) is 8.37. The standard InChI is InChI=1S/C15H21N3OS/c1-2-9-16-12-7-4-3-6-11(12)15-17-14(18-19-15)13-8-5-10-20-13/h5,8,10-12,16H,2-4,6-7,9H2,1H3. The zero-order chi connectivity index (χ0) is 13.8. The second kappa shape index (κ2) is 6.50. The summed E-state index contributed by atoms with van der Waals surface area (Å²) in [6.45, 7) is 3.26. The van der Waals surface area contributed by atoms with Crippen LogP contribution in [-0.2, 0) is 0 Å². The van der Waals surface area contributed by atoms with E-state index in [2.05, 4.69) is 22.4 Å². The van der Waals surface area contributed by atoms with E-state index >= 15 is 0 Å². The van der Waals surface area contributed by atoms with Gasteiger partial charge in [-0.3, -0.25) is 0 Å². The molecule has 0 aliphatic heterocycles. The Morgan fingerprint density at radius 3 is 3.10 bits per heavy atom. The lowest BCUT2D eigenvalue weighted by atomic mass is 9.84. The van der Waals surface area contributed by atoms with E-state index in [0.29, 0.717) is 12.0 Å². The van der Waals surface area contributed by atoms with Crippen LogP contribution in [0.1, 0.15) is 50.8 Å². The first-order valence-electron chi connectivity index (χ1n) is 7.49. The number of hydrogen-bond donors (Lipinski definition) is 1. The molecule has 2 atom stereocenters. The van der Waals surface area contributed by atoms with Gasteiger partial charge in [0.2, 0.25) is 11.7 Å². The molecular formula is C15H21N3OS. The zero-order valence-corrected chi connectivity index (χ0v) is 12.7. The van der Waals surface area contributed by atoms with Crippen LogP contribution >= 0.6 is 11.3 Å². The van der Waals surface area contributed by atoms with Crippen molar-refractivity contribution in [3.05, 3.63) is 23.4 Å². The minimum Gasteiger partial charge on any atom is -0.339 e. The van der Waals surface area contributed by atoms with E-state index in [1.165, 1.54) is 19.3 Å². The zero-order valence-electron chi connectivity index (χ0n) is 11.8. The summed E-state index contributed by atoms with van der Waals surface area (Å²) < 4.78 is 5.54. The Labute approximate surface area is 123 Å². The highest BCUT2D eigenvalue weighted by Crippen LogP contribution is 2.33. The topological polar surface area (TPSA) is 51.0 Å². The average molecular weight is 291 g/mol. The third-order valence-corrected chi connectivity index (χ3v) is 4.79. The fourth-order valence-corrected chi connectivity index (χ4v) is 3.54. The molecule has 5 heteroatoms. The molecule has 2 unspecified atom stereocenters. The summed E-state index contributed by atoms with van der Waals surface area (Å²) in [5, 5.41) is 9.82. The maximum absolute atomic E-state index is 5.54. The Morgan fingerprint density at radius 2 is 2.30 bits per heavy atom. The second-order valence-electron chi connectivity index (χ2n) is 5.39. The molecule has 108 valence electrons. The van der Waals surface area contributed by atoms with Crippen molar-refractivity contribution in [3.63, 3.8) is 0 Å². The second-order valence-corrected chi connectivity index (χ2v) is 6.33.